The topological polar surface area (TPSA) is 171 Å². The summed E-state index contributed by atoms with van der Waals surface area (Å²) in [6.07, 6.45) is 9.36. The number of piperidine rings is 1. The maximum absolute atomic E-state index is 14.5. The third-order valence-corrected chi connectivity index (χ3v) is 14.4. The average Bonchev–Trinajstić information content (AvgIpc) is 3.88. The van der Waals surface area contributed by atoms with Crippen LogP contribution in [0.3, 0.4) is 0 Å². The zero-order valence-corrected chi connectivity index (χ0v) is 30.8. The maximum atomic E-state index is 14.5. The van der Waals surface area contributed by atoms with Gasteiger partial charge in [0.2, 0.25) is 17.6 Å². The smallest absolute Gasteiger partial charge is 0.315 e. The van der Waals surface area contributed by atoms with Gasteiger partial charge in [0.25, 0.3) is 5.91 Å². The van der Waals surface area contributed by atoms with Crippen molar-refractivity contribution >= 4 is 39.4 Å². The molecule has 5 amide bonds. The Morgan fingerprint density at radius 1 is 0.959 bits per heavy atom. The van der Waals surface area contributed by atoms with E-state index in [2.05, 4.69) is 41.7 Å². The number of amides is 5. The normalized spacial score (nSPS) is 29.4. The van der Waals surface area contributed by atoms with Crippen LogP contribution in [0, 0.1) is 28.6 Å². The highest BCUT2D eigenvalue weighted by atomic mass is 32.2. The number of carbonyl (C=O) groups is 5. The van der Waals surface area contributed by atoms with Gasteiger partial charge in [-0.1, -0.05) is 79.2 Å². The zero-order valence-electron chi connectivity index (χ0n) is 29.9. The van der Waals surface area contributed by atoms with Crippen LogP contribution >= 0.6 is 0 Å². The molecule has 5 fully saturated rings. The minimum absolute atomic E-state index is 0.0668. The fraction of sp³-hybridized carbons (Fsp3) is 0.806. The Hall–Kier alpha value is -2.96. The summed E-state index contributed by atoms with van der Waals surface area (Å²) < 4.78 is 26.5. The van der Waals surface area contributed by atoms with Crippen molar-refractivity contribution in [2.45, 2.75) is 134 Å². The van der Waals surface area contributed by atoms with Crippen LogP contribution in [0.5, 0.6) is 0 Å². The van der Waals surface area contributed by atoms with E-state index < -0.39 is 73.7 Å². The van der Waals surface area contributed by atoms with Gasteiger partial charge in [0.15, 0.2) is 9.84 Å². The highest BCUT2D eigenvalue weighted by molar-refractivity contribution is 7.92. The van der Waals surface area contributed by atoms with Crippen molar-refractivity contribution in [2.75, 3.05) is 18.8 Å². The first kappa shape index (κ1) is 37.3. The molecule has 274 valence electrons. The van der Waals surface area contributed by atoms with Crippen LogP contribution in [0.2, 0.25) is 0 Å². The number of Topliss-reactive ketones (excluding diaryl/α,β-unsaturated/α-hetero) is 1. The lowest BCUT2D eigenvalue weighted by molar-refractivity contribution is -0.145. The largest absolute Gasteiger partial charge is 0.346 e. The highest BCUT2D eigenvalue weighted by Crippen LogP contribution is 2.65. The lowest BCUT2D eigenvalue weighted by Gasteiger charge is -2.45. The van der Waals surface area contributed by atoms with E-state index in [4.69, 9.17) is 0 Å². The molecule has 6 atom stereocenters. The number of ketones is 1. The molecule has 5 aliphatic rings. The molecule has 0 spiro atoms. The first-order valence-corrected chi connectivity index (χ1v) is 20.0. The molecule has 2 heterocycles. The molecule has 5 rings (SSSR count). The fourth-order valence-electron chi connectivity index (χ4n) is 8.89. The first-order valence-electron chi connectivity index (χ1n) is 18.3. The molecule has 2 saturated heterocycles. The standard InChI is InChI=1S/C36H57N5O7S/c1-7-18-37-31(44)28(42)24(20-22-14-15-22)38-30(43)27-26-23(35(26,5)6)21-41(27)32(45)29(34(2,3)4)39-33(46)40-36(16-10-8-11-17-36)25-13-9-12-19-49(25,47)48/h7,22-27,29H,1,8-21H2,2-6H3,(H,37,44)(H,38,43)(H2,39,40,46)/t23?,24-,25?,26-,27-,29+/m0/s1. The van der Waals surface area contributed by atoms with Crippen LogP contribution in [0.4, 0.5) is 4.79 Å². The Balaban J connectivity index is 1.35. The Bertz CT molecular complexity index is 1440. The Kier molecular flexibility index (Phi) is 10.6. The molecule has 13 heteroatoms. The van der Waals surface area contributed by atoms with Crippen molar-refractivity contribution in [3.8, 4) is 0 Å². The van der Waals surface area contributed by atoms with Crippen molar-refractivity contribution in [2.24, 2.45) is 28.6 Å². The monoisotopic (exact) mass is 703 g/mol. The van der Waals surface area contributed by atoms with Gasteiger partial charge < -0.3 is 26.2 Å². The third-order valence-electron chi connectivity index (χ3n) is 12.0. The molecule has 2 unspecified atom stereocenters. The predicted molar refractivity (Wildman–Crippen MR) is 186 cm³/mol. The van der Waals surface area contributed by atoms with E-state index in [0.717, 1.165) is 38.5 Å². The minimum atomic E-state index is -3.39. The van der Waals surface area contributed by atoms with Crippen LogP contribution in [-0.4, -0.2) is 90.6 Å². The Labute approximate surface area is 291 Å². The second-order valence-corrected chi connectivity index (χ2v) is 19.3. The van der Waals surface area contributed by atoms with E-state index in [1.54, 1.807) is 4.90 Å². The van der Waals surface area contributed by atoms with Crippen LogP contribution in [0.15, 0.2) is 12.7 Å². The molecule has 0 radical (unpaired) electrons. The number of hydrogen-bond acceptors (Lipinski definition) is 7. The number of carbonyl (C=O) groups excluding carboxylic acids is 5. The van der Waals surface area contributed by atoms with Crippen molar-refractivity contribution in [3.63, 3.8) is 0 Å². The Morgan fingerprint density at radius 2 is 1.63 bits per heavy atom. The summed E-state index contributed by atoms with van der Waals surface area (Å²) in [5.74, 6) is -2.07. The average molecular weight is 704 g/mol. The van der Waals surface area contributed by atoms with Crippen molar-refractivity contribution in [1.29, 1.82) is 0 Å². The Morgan fingerprint density at radius 3 is 2.22 bits per heavy atom. The zero-order chi connectivity index (χ0) is 35.9. The summed E-state index contributed by atoms with van der Waals surface area (Å²) in [5.41, 5.74) is -1.84. The van der Waals surface area contributed by atoms with Gasteiger partial charge in [-0.15, -0.1) is 6.58 Å². The molecule has 49 heavy (non-hydrogen) atoms. The number of sulfone groups is 1. The second kappa shape index (κ2) is 14.0. The molecule has 3 aliphatic carbocycles. The van der Waals surface area contributed by atoms with Crippen LogP contribution < -0.4 is 21.3 Å². The number of urea groups is 1. The number of rotatable bonds is 12. The van der Waals surface area contributed by atoms with Crippen molar-refractivity contribution in [1.82, 2.24) is 26.2 Å². The number of nitrogens with zero attached hydrogens (tertiary/aromatic N) is 1. The van der Waals surface area contributed by atoms with E-state index in [1.807, 2.05) is 20.8 Å². The van der Waals surface area contributed by atoms with E-state index in [-0.39, 0.29) is 35.5 Å². The molecule has 0 aromatic carbocycles. The van der Waals surface area contributed by atoms with E-state index in [0.29, 0.717) is 38.6 Å². The van der Waals surface area contributed by atoms with E-state index in [9.17, 15) is 32.4 Å². The van der Waals surface area contributed by atoms with Gasteiger partial charge in [-0.3, -0.25) is 19.2 Å². The van der Waals surface area contributed by atoms with Gasteiger partial charge >= 0.3 is 6.03 Å². The quantitative estimate of drug-likeness (QED) is 0.179. The summed E-state index contributed by atoms with van der Waals surface area (Å²) in [4.78, 5) is 69.8. The summed E-state index contributed by atoms with van der Waals surface area (Å²) in [6, 6.07) is -3.47. The van der Waals surface area contributed by atoms with E-state index >= 15 is 0 Å². The molecule has 2 aliphatic heterocycles. The second-order valence-electron chi connectivity index (χ2n) is 17.0. The summed E-state index contributed by atoms with van der Waals surface area (Å²) in [7, 11) is -3.39. The maximum Gasteiger partial charge on any atom is 0.315 e. The fourth-order valence-corrected chi connectivity index (χ4v) is 11.3. The first-order chi connectivity index (χ1) is 22.9. The van der Waals surface area contributed by atoms with Gasteiger partial charge in [-0.2, -0.15) is 0 Å². The molecule has 0 aromatic heterocycles. The number of hydrogen-bond donors (Lipinski definition) is 4. The molecule has 4 N–H and O–H groups in total. The van der Waals surface area contributed by atoms with Crippen LogP contribution in [0.25, 0.3) is 0 Å². The lowest BCUT2D eigenvalue weighted by atomic mass is 9.77. The molecule has 0 bridgehead atoms. The number of likely N-dealkylation sites (tertiary alicyclic amines) is 1. The van der Waals surface area contributed by atoms with Gasteiger partial charge in [0, 0.05) is 13.1 Å². The molecule has 12 nitrogen and oxygen atoms in total. The predicted octanol–water partition coefficient (Wildman–Crippen LogP) is 3.01. The molecule has 0 aromatic rings. The van der Waals surface area contributed by atoms with Gasteiger partial charge in [-0.05, 0) is 60.7 Å². The van der Waals surface area contributed by atoms with Crippen LogP contribution in [-0.2, 0) is 29.0 Å². The summed E-state index contributed by atoms with van der Waals surface area (Å²) in [5, 5.41) is 10.7. The lowest BCUT2D eigenvalue weighted by Crippen LogP contribution is -2.66. The van der Waals surface area contributed by atoms with Crippen LogP contribution in [0.1, 0.15) is 105 Å². The van der Waals surface area contributed by atoms with Gasteiger partial charge in [0.05, 0.1) is 22.6 Å². The third kappa shape index (κ3) is 7.86. The number of nitrogens with one attached hydrogen (secondary N) is 4. The molecule has 3 saturated carbocycles. The number of fused-ring (bicyclic) bond motifs is 1. The van der Waals surface area contributed by atoms with Gasteiger partial charge in [-0.25, -0.2) is 13.2 Å². The molecular formula is C36H57N5O7S. The van der Waals surface area contributed by atoms with Crippen molar-refractivity contribution in [3.05, 3.63) is 12.7 Å². The summed E-state index contributed by atoms with van der Waals surface area (Å²) >= 11 is 0. The van der Waals surface area contributed by atoms with E-state index in [1.165, 1.54) is 6.08 Å². The van der Waals surface area contributed by atoms with Gasteiger partial charge in [0.1, 0.15) is 12.1 Å². The van der Waals surface area contributed by atoms with Crippen molar-refractivity contribution < 1.29 is 32.4 Å². The SMILES string of the molecule is C=CCNC(=O)C(=O)[C@H](CC1CC1)NC(=O)[C@@H]1[C@@H]2C(CN1C(=O)[C@@H](NC(=O)NC1(C3CCCCS3(=O)=O)CCCCC1)C(C)(C)C)C2(C)C. The molecular weight excluding hydrogens is 646 g/mol. The minimum Gasteiger partial charge on any atom is -0.346 e. The summed E-state index contributed by atoms with van der Waals surface area (Å²) in [6.45, 7) is 13.7. The highest BCUT2D eigenvalue weighted by Gasteiger charge is 2.70.